The van der Waals surface area contributed by atoms with Crippen LogP contribution in [0, 0.1) is 0 Å². The van der Waals surface area contributed by atoms with Gasteiger partial charge in [0.1, 0.15) is 0 Å². The molecule has 1 heterocycles. The minimum Gasteiger partial charge on any atom is -0.452 e. The van der Waals surface area contributed by atoms with Gasteiger partial charge >= 0.3 is 5.97 Å². The third kappa shape index (κ3) is 4.62. The third-order valence-corrected chi connectivity index (χ3v) is 4.91. The maximum Gasteiger partial charge on any atom is 0.339 e. The third-order valence-electron chi connectivity index (χ3n) is 3.53. The molecule has 2 rings (SSSR count). The summed E-state index contributed by atoms with van der Waals surface area (Å²) in [5, 5.41) is 0. The van der Waals surface area contributed by atoms with Gasteiger partial charge in [-0.2, -0.15) is 0 Å². The van der Waals surface area contributed by atoms with E-state index in [1.807, 2.05) is 6.92 Å². The fourth-order valence-electron chi connectivity index (χ4n) is 2.33. The van der Waals surface area contributed by atoms with Gasteiger partial charge < -0.3 is 14.4 Å². The fourth-order valence-corrected chi connectivity index (χ4v) is 3.27. The lowest BCUT2D eigenvalue weighted by Crippen LogP contribution is -2.46. The van der Waals surface area contributed by atoms with E-state index < -0.39 is 16.8 Å². The van der Waals surface area contributed by atoms with Crippen molar-refractivity contribution >= 4 is 22.7 Å². The van der Waals surface area contributed by atoms with E-state index in [-0.39, 0.29) is 24.2 Å². The number of benzene rings is 1. The number of nitrogens with zero attached hydrogens (tertiary/aromatic N) is 1. The number of rotatable bonds is 5. The highest BCUT2D eigenvalue weighted by molar-refractivity contribution is 7.85. The van der Waals surface area contributed by atoms with E-state index in [0.717, 1.165) is 0 Å². The van der Waals surface area contributed by atoms with Gasteiger partial charge in [-0.1, -0.05) is 19.1 Å². The summed E-state index contributed by atoms with van der Waals surface area (Å²) >= 11 is 0. The SMILES string of the molecule is CCS(=O)c1ccccc1C(=O)OCC(=O)N1CCOC(C)C1. The quantitative estimate of drug-likeness (QED) is 0.754. The Morgan fingerprint density at radius 1 is 1.39 bits per heavy atom. The number of esters is 1. The van der Waals surface area contributed by atoms with Crippen LogP contribution >= 0.6 is 0 Å². The molecule has 2 unspecified atom stereocenters. The van der Waals surface area contributed by atoms with Gasteiger partial charge in [0.15, 0.2) is 6.61 Å². The smallest absolute Gasteiger partial charge is 0.339 e. The minimum atomic E-state index is -1.26. The van der Waals surface area contributed by atoms with Crippen molar-refractivity contribution in [1.29, 1.82) is 0 Å². The van der Waals surface area contributed by atoms with Crippen molar-refractivity contribution in [1.82, 2.24) is 4.90 Å². The van der Waals surface area contributed by atoms with Gasteiger partial charge in [0.2, 0.25) is 0 Å². The van der Waals surface area contributed by atoms with Crippen molar-refractivity contribution in [2.45, 2.75) is 24.8 Å². The zero-order valence-electron chi connectivity index (χ0n) is 13.3. The summed E-state index contributed by atoms with van der Waals surface area (Å²) in [4.78, 5) is 26.3. The monoisotopic (exact) mass is 339 g/mol. The zero-order chi connectivity index (χ0) is 16.8. The standard InChI is InChI=1S/C16H21NO5S/c1-3-23(20)14-7-5-4-6-13(14)16(19)22-11-15(18)17-8-9-21-12(2)10-17/h4-7,12H,3,8-11H2,1-2H3. The molecule has 23 heavy (non-hydrogen) atoms. The highest BCUT2D eigenvalue weighted by atomic mass is 32.2. The van der Waals surface area contributed by atoms with Crippen LogP contribution in [-0.2, 0) is 25.1 Å². The maximum absolute atomic E-state index is 12.2. The molecule has 1 aliphatic rings. The van der Waals surface area contributed by atoms with E-state index in [1.54, 1.807) is 36.1 Å². The first-order chi connectivity index (χ1) is 11.0. The summed E-state index contributed by atoms with van der Waals surface area (Å²) in [6.45, 7) is 4.82. The summed E-state index contributed by atoms with van der Waals surface area (Å²) in [6.07, 6.45) is -0.0175. The molecule has 1 aliphatic heterocycles. The number of hydrogen-bond donors (Lipinski definition) is 0. The van der Waals surface area contributed by atoms with E-state index in [4.69, 9.17) is 9.47 Å². The number of hydrogen-bond acceptors (Lipinski definition) is 5. The molecule has 126 valence electrons. The largest absolute Gasteiger partial charge is 0.452 e. The van der Waals surface area contributed by atoms with Crippen LogP contribution in [0.3, 0.4) is 0 Å². The second-order valence-corrected chi connectivity index (χ2v) is 6.94. The fraction of sp³-hybridized carbons (Fsp3) is 0.500. The summed E-state index contributed by atoms with van der Waals surface area (Å²) in [7, 11) is -1.26. The molecule has 2 atom stereocenters. The van der Waals surface area contributed by atoms with Gasteiger partial charge in [-0.15, -0.1) is 0 Å². The van der Waals surface area contributed by atoms with Crippen LogP contribution < -0.4 is 0 Å². The zero-order valence-corrected chi connectivity index (χ0v) is 14.1. The van der Waals surface area contributed by atoms with Crippen molar-refractivity contribution in [2.24, 2.45) is 0 Å². The lowest BCUT2D eigenvalue weighted by Gasteiger charge is -2.30. The first-order valence-electron chi connectivity index (χ1n) is 7.56. The van der Waals surface area contributed by atoms with Gasteiger partial charge in [-0.05, 0) is 19.1 Å². The molecule has 0 N–H and O–H groups in total. The normalized spacial score (nSPS) is 19.2. The Balaban J connectivity index is 1.97. The van der Waals surface area contributed by atoms with Crippen LogP contribution in [0.4, 0.5) is 0 Å². The van der Waals surface area contributed by atoms with E-state index in [2.05, 4.69) is 0 Å². The minimum absolute atomic E-state index is 0.0175. The molecule has 1 aromatic rings. The first-order valence-corrected chi connectivity index (χ1v) is 8.88. The van der Waals surface area contributed by atoms with Gasteiger partial charge in [-0.25, -0.2) is 4.79 Å². The highest BCUT2D eigenvalue weighted by Crippen LogP contribution is 2.15. The van der Waals surface area contributed by atoms with Crippen molar-refractivity contribution in [2.75, 3.05) is 32.1 Å². The molecule has 0 saturated carbocycles. The molecule has 7 heteroatoms. The molecule has 6 nitrogen and oxygen atoms in total. The Kier molecular flexibility index (Phi) is 6.29. The van der Waals surface area contributed by atoms with Gasteiger partial charge in [-0.3, -0.25) is 9.00 Å². The van der Waals surface area contributed by atoms with Crippen molar-refractivity contribution < 1.29 is 23.3 Å². The predicted molar refractivity (Wildman–Crippen MR) is 85.7 cm³/mol. The summed E-state index contributed by atoms with van der Waals surface area (Å²) in [5.41, 5.74) is 0.246. The molecule has 0 aromatic heterocycles. The van der Waals surface area contributed by atoms with Crippen molar-refractivity contribution in [3.8, 4) is 0 Å². The molecular weight excluding hydrogens is 318 g/mol. The lowest BCUT2D eigenvalue weighted by molar-refractivity contribution is -0.141. The van der Waals surface area contributed by atoms with Crippen LogP contribution in [0.2, 0.25) is 0 Å². The molecule has 1 aromatic carbocycles. The van der Waals surface area contributed by atoms with Crippen LogP contribution in [0.15, 0.2) is 29.2 Å². The molecule has 1 saturated heterocycles. The summed E-state index contributed by atoms with van der Waals surface area (Å²) in [6, 6.07) is 6.60. The molecule has 0 aliphatic carbocycles. The molecule has 0 bridgehead atoms. The number of carbonyl (C=O) groups is 2. The van der Waals surface area contributed by atoms with Gasteiger partial charge in [0.25, 0.3) is 5.91 Å². The topological polar surface area (TPSA) is 72.9 Å². The van der Waals surface area contributed by atoms with Crippen LogP contribution in [0.1, 0.15) is 24.2 Å². The predicted octanol–water partition coefficient (Wildman–Crippen LogP) is 1.22. The Hall–Kier alpha value is -1.73. The Morgan fingerprint density at radius 2 is 2.13 bits per heavy atom. The number of morpholine rings is 1. The summed E-state index contributed by atoms with van der Waals surface area (Å²) < 4.78 is 22.5. The molecule has 0 radical (unpaired) electrons. The molecular formula is C16H21NO5S. The van der Waals surface area contributed by atoms with Crippen LogP contribution in [-0.4, -0.2) is 59.1 Å². The number of ether oxygens (including phenoxy) is 2. The molecule has 0 spiro atoms. The number of amides is 1. The molecule has 1 fully saturated rings. The van der Waals surface area contributed by atoms with Crippen molar-refractivity contribution in [3.63, 3.8) is 0 Å². The average Bonchev–Trinajstić information content (AvgIpc) is 2.58. The summed E-state index contributed by atoms with van der Waals surface area (Å²) in [5.74, 6) is -0.464. The Labute approximate surface area is 138 Å². The van der Waals surface area contributed by atoms with Gasteiger partial charge in [0.05, 0.1) is 34.0 Å². The van der Waals surface area contributed by atoms with E-state index >= 15 is 0 Å². The first kappa shape index (κ1) is 17.6. The average molecular weight is 339 g/mol. The second kappa shape index (κ2) is 8.21. The Bertz CT molecular complexity index is 604. The van der Waals surface area contributed by atoms with Crippen molar-refractivity contribution in [3.05, 3.63) is 29.8 Å². The maximum atomic E-state index is 12.2. The second-order valence-electron chi connectivity index (χ2n) is 5.23. The van der Waals surface area contributed by atoms with Crippen LogP contribution in [0.25, 0.3) is 0 Å². The van der Waals surface area contributed by atoms with E-state index in [1.165, 1.54) is 0 Å². The van der Waals surface area contributed by atoms with Crippen LogP contribution in [0.5, 0.6) is 0 Å². The Morgan fingerprint density at radius 3 is 2.83 bits per heavy atom. The number of carbonyl (C=O) groups excluding carboxylic acids is 2. The lowest BCUT2D eigenvalue weighted by atomic mass is 10.2. The van der Waals surface area contributed by atoms with E-state index in [9.17, 15) is 13.8 Å². The van der Waals surface area contributed by atoms with Gasteiger partial charge in [0, 0.05) is 18.8 Å². The molecule has 1 amide bonds. The highest BCUT2D eigenvalue weighted by Gasteiger charge is 2.23. The van der Waals surface area contributed by atoms with E-state index in [0.29, 0.717) is 30.3 Å².